The van der Waals surface area contributed by atoms with Crippen LogP contribution in [0.4, 0.5) is 8.78 Å². The molecule has 0 atom stereocenters. The van der Waals surface area contributed by atoms with Gasteiger partial charge in [-0.1, -0.05) is 29.4 Å². The van der Waals surface area contributed by atoms with Gasteiger partial charge in [-0.25, -0.2) is 8.78 Å². The van der Waals surface area contributed by atoms with E-state index in [-0.39, 0.29) is 11.1 Å². The largest absolute Gasteiger partial charge is 0.361 e. The summed E-state index contributed by atoms with van der Waals surface area (Å²) in [5.74, 6) is 0.795. The molecule has 0 amide bonds. The van der Waals surface area contributed by atoms with Gasteiger partial charge in [-0.05, 0) is 25.3 Å². The van der Waals surface area contributed by atoms with Gasteiger partial charge in [0.25, 0.3) is 6.43 Å². The minimum absolute atomic E-state index is 0.0810. The molecule has 4 heteroatoms. The van der Waals surface area contributed by atoms with Crippen LogP contribution in [0.25, 0.3) is 0 Å². The van der Waals surface area contributed by atoms with Gasteiger partial charge in [-0.15, -0.1) is 0 Å². The maximum absolute atomic E-state index is 12.7. The molecule has 0 aromatic heterocycles. The van der Waals surface area contributed by atoms with Gasteiger partial charge in [0.15, 0.2) is 0 Å². The highest BCUT2D eigenvalue weighted by Crippen LogP contribution is 2.22. The topological polar surface area (TPSA) is 21.6 Å². The fourth-order valence-electron chi connectivity index (χ4n) is 1.81. The lowest BCUT2D eigenvalue weighted by molar-refractivity contribution is 0.151. The summed E-state index contributed by atoms with van der Waals surface area (Å²) in [6, 6.07) is 6.15. The molecule has 18 heavy (non-hydrogen) atoms. The summed E-state index contributed by atoms with van der Waals surface area (Å²) in [6.07, 6.45) is 6.05. The van der Waals surface area contributed by atoms with Crippen LogP contribution in [0.3, 0.4) is 0 Å². The molecule has 2 nitrogen and oxygen atoms in total. The second-order valence-corrected chi connectivity index (χ2v) is 4.10. The highest BCUT2D eigenvalue weighted by Gasteiger charge is 2.11. The molecule has 1 aliphatic carbocycles. The summed E-state index contributed by atoms with van der Waals surface area (Å²) in [4.78, 5) is 5.15. The van der Waals surface area contributed by atoms with Crippen LogP contribution >= 0.6 is 0 Å². The van der Waals surface area contributed by atoms with Crippen molar-refractivity contribution in [1.82, 2.24) is 0 Å². The first-order valence-corrected chi connectivity index (χ1v) is 5.96. The monoisotopic (exact) mass is 250 g/mol. The van der Waals surface area contributed by atoms with Crippen LogP contribution in [-0.2, 0) is 4.84 Å². The summed E-state index contributed by atoms with van der Waals surface area (Å²) >= 11 is 0. The van der Waals surface area contributed by atoms with Crippen molar-refractivity contribution in [3.8, 4) is 0 Å². The minimum atomic E-state index is -2.53. The number of alkyl halides is 2. The molecule has 1 aromatic rings. The van der Waals surface area contributed by atoms with E-state index in [0.29, 0.717) is 0 Å². The van der Waals surface area contributed by atoms with Crippen molar-refractivity contribution in [2.24, 2.45) is 5.16 Å². The lowest BCUT2D eigenvalue weighted by atomic mass is 10.1. The van der Waals surface area contributed by atoms with Crippen LogP contribution in [0.2, 0.25) is 0 Å². The van der Waals surface area contributed by atoms with Crippen LogP contribution in [-0.4, -0.2) is 6.21 Å². The van der Waals surface area contributed by atoms with Gasteiger partial charge < -0.3 is 4.84 Å². The Hall–Kier alpha value is -1.71. The standard InChI is InChI=1S/C14H14F2NO/c15-14(16)13-9-5-4-6-11(13)10-17-18-12-7-2-1-3-8-12/h4-7,9,14H,1-3,8H2. The van der Waals surface area contributed by atoms with Crippen LogP contribution < -0.4 is 0 Å². The molecule has 1 aliphatic rings. The molecular weight excluding hydrogens is 236 g/mol. The minimum Gasteiger partial charge on any atom is -0.361 e. The molecule has 1 aromatic carbocycles. The van der Waals surface area contributed by atoms with Crippen LogP contribution in [0.15, 0.2) is 41.3 Å². The van der Waals surface area contributed by atoms with E-state index in [0.717, 1.165) is 31.4 Å². The molecule has 0 N–H and O–H groups in total. The van der Waals surface area contributed by atoms with Gasteiger partial charge in [-0.3, -0.25) is 0 Å². The fourth-order valence-corrected chi connectivity index (χ4v) is 1.81. The predicted molar refractivity (Wildman–Crippen MR) is 65.6 cm³/mol. The second kappa shape index (κ2) is 6.28. The van der Waals surface area contributed by atoms with Crippen LogP contribution in [0.1, 0.15) is 43.2 Å². The first-order valence-electron chi connectivity index (χ1n) is 5.96. The van der Waals surface area contributed by atoms with E-state index in [9.17, 15) is 8.78 Å². The Morgan fingerprint density at radius 1 is 1.22 bits per heavy atom. The average molecular weight is 250 g/mol. The van der Waals surface area contributed by atoms with E-state index in [2.05, 4.69) is 11.4 Å². The van der Waals surface area contributed by atoms with Gasteiger partial charge in [0, 0.05) is 17.5 Å². The normalized spacial score (nSPS) is 16.1. The number of hydrogen-bond acceptors (Lipinski definition) is 2. The van der Waals surface area contributed by atoms with Crippen molar-refractivity contribution in [3.05, 3.63) is 47.2 Å². The third kappa shape index (κ3) is 3.39. The molecular formula is C14H14F2NO. The maximum atomic E-state index is 12.7. The van der Waals surface area contributed by atoms with E-state index >= 15 is 0 Å². The van der Waals surface area contributed by atoms with Crippen molar-refractivity contribution >= 4 is 6.21 Å². The highest BCUT2D eigenvalue weighted by atomic mass is 19.3. The number of rotatable bonds is 4. The van der Waals surface area contributed by atoms with E-state index in [4.69, 9.17) is 4.84 Å². The molecule has 95 valence electrons. The zero-order valence-corrected chi connectivity index (χ0v) is 9.90. The fraction of sp³-hybridized carbons (Fsp3) is 0.357. The van der Waals surface area contributed by atoms with E-state index in [1.54, 1.807) is 18.2 Å². The molecule has 0 fully saturated rings. The average Bonchev–Trinajstić information content (AvgIpc) is 2.40. The molecule has 0 aliphatic heterocycles. The zero-order chi connectivity index (χ0) is 12.8. The lowest BCUT2D eigenvalue weighted by Crippen LogP contribution is -1.96. The third-order valence-corrected chi connectivity index (χ3v) is 2.77. The summed E-state index contributed by atoms with van der Waals surface area (Å²) in [6.45, 7) is 0. The van der Waals surface area contributed by atoms with Crippen LogP contribution in [0, 0.1) is 0 Å². The Morgan fingerprint density at radius 3 is 2.78 bits per heavy atom. The first kappa shape index (κ1) is 12.7. The van der Waals surface area contributed by atoms with Crippen molar-refractivity contribution in [1.29, 1.82) is 0 Å². The predicted octanol–water partition coefficient (Wildman–Crippen LogP) is 4.31. The SMILES string of the molecule is FC(F)c1ccccc1[C]=NOC1=CCCCC1. The molecule has 1 radical (unpaired) electrons. The quantitative estimate of drug-likeness (QED) is 0.576. The Labute approximate surface area is 105 Å². The van der Waals surface area contributed by atoms with E-state index < -0.39 is 6.43 Å². The number of halogens is 2. The zero-order valence-electron chi connectivity index (χ0n) is 9.90. The van der Waals surface area contributed by atoms with Gasteiger partial charge in [-0.2, -0.15) is 0 Å². The molecule has 0 bridgehead atoms. The van der Waals surface area contributed by atoms with Crippen molar-refractivity contribution in [3.63, 3.8) is 0 Å². The molecule has 0 unspecified atom stereocenters. The Bertz CT molecular complexity index is 455. The molecule has 2 rings (SSSR count). The molecule has 0 saturated heterocycles. The lowest BCUT2D eigenvalue weighted by Gasteiger charge is -2.09. The van der Waals surface area contributed by atoms with Crippen molar-refractivity contribution < 1.29 is 13.6 Å². The van der Waals surface area contributed by atoms with Crippen LogP contribution in [0.5, 0.6) is 0 Å². The number of hydrogen-bond donors (Lipinski definition) is 0. The van der Waals surface area contributed by atoms with Gasteiger partial charge in [0.1, 0.15) is 12.0 Å². The summed E-state index contributed by atoms with van der Waals surface area (Å²) in [7, 11) is 0. The maximum Gasteiger partial charge on any atom is 0.264 e. The Morgan fingerprint density at radius 2 is 2.06 bits per heavy atom. The van der Waals surface area contributed by atoms with Gasteiger partial charge >= 0.3 is 0 Å². The molecule has 0 saturated carbocycles. The molecule has 0 spiro atoms. The second-order valence-electron chi connectivity index (χ2n) is 4.10. The van der Waals surface area contributed by atoms with Gasteiger partial charge in [0.05, 0.1) is 0 Å². The number of benzene rings is 1. The molecule has 0 heterocycles. The number of nitrogens with zero attached hydrogens (tertiary/aromatic N) is 1. The Balaban J connectivity index is 2.02. The Kier molecular flexibility index (Phi) is 4.45. The van der Waals surface area contributed by atoms with E-state index in [1.807, 2.05) is 6.08 Å². The van der Waals surface area contributed by atoms with E-state index in [1.165, 1.54) is 6.07 Å². The summed E-state index contributed by atoms with van der Waals surface area (Å²) in [5, 5.41) is 3.66. The summed E-state index contributed by atoms with van der Waals surface area (Å²) < 4.78 is 25.4. The third-order valence-electron chi connectivity index (χ3n) is 2.77. The van der Waals surface area contributed by atoms with Crippen molar-refractivity contribution in [2.45, 2.75) is 32.1 Å². The summed E-state index contributed by atoms with van der Waals surface area (Å²) in [5.41, 5.74) is 0.186. The number of allylic oxidation sites excluding steroid dienone is 2. The highest BCUT2D eigenvalue weighted by molar-refractivity contribution is 5.81. The van der Waals surface area contributed by atoms with Crippen molar-refractivity contribution in [2.75, 3.05) is 0 Å². The first-order chi connectivity index (χ1) is 8.77. The smallest absolute Gasteiger partial charge is 0.264 e. The van der Waals surface area contributed by atoms with Gasteiger partial charge in [0.2, 0.25) is 0 Å².